The number of esters is 1. The van der Waals surface area contributed by atoms with Crippen molar-refractivity contribution in [2.75, 3.05) is 6.61 Å². The number of hydrogen-bond acceptors (Lipinski definition) is 3. The lowest BCUT2D eigenvalue weighted by Crippen LogP contribution is -2.05. The van der Waals surface area contributed by atoms with Gasteiger partial charge in [-0.3, -0.25) is 0 Å². The minimum absolute atomic E-state index is 0.267. The molecule has 0 fully saturated rings. The van der Waals surface area contributed by atoms with E-state index < -0.39 is 0 Å². The highest BCUT2D eigenvalue weighted by molar-refractivity contribution is 7.20. The summed E-state index contributed by atoms with van der Waals surface area (Å²) in [6.45, 7) is 4.17. The zero-order valence-electron chi connectivity index (χ0n) is 14.7. The summed E-state index contributed by atoms with van der Waals surface area (Å²) < 4.78 is 6.38. The van der Waals surface area contributed by atoms with Crippen LogP contribution in [0.4, 0.5) is 0 Å². The van der Waals surface area contributed by atoms with Crippen LogP contribution < -0.4 is 0 Å². The molecule has 4 aromatic rings. The van der Waals surface area contributed by atoms with Gasteiger partial charge in [0.2, 0.25) is 0 Å². The number of hydrogen-bond donors (Lipinski definition) is 1. The van der Waals surface area contributed by atoms with Gasteiger partial charge in [0, 0.05) is 10.4 Å². The van der Waals surface area contributed by atoms with E-state index >= 15 is 0 Å². The summed E-state index contributed by atoms with van der Waals surface area (Å²) in [6, 6.07) is 20.5. The Labute approximate surface area is 156 Å². The van der Waals surface area contributed by atoms with Crippen LogP contribution in [0.3, 0.4) is 0 Å². The molecule has 2 heterocycles. The topological polar surface area (TPSA) is 42.1 Å². The van der Waals surface area contributed by atoms with Crippen LogP contribution in [0.25, 0.3) is 32.6 Å². The summed E-state index contributed by atoms with van der Waals surface area (Å²) in [7, 11) is 0. The Hall–Kier alpha value is -2.85. The molecule has 3 nitrogen and oxygen atoms in total. The lowest BCUT2D eigenvalue weighted by atomic mass is 10.0. The third kappa shape index (κ3) is 2.72. The minimum Gasteiger partial charge on any atom is -0.462 e. The SMILES string of the molecule is CCOC(=O)c1c(C)sc2c(-c3ccccc3)c(-c3ccccc3)[nH]c12. The minimum atomic E-state index is -0.267. The van der Waals surface area contributed by atoms with E-state index in [0.717, 1.165) is 37.5 Å². The molecule has 0 aliphatic heterocycles. The largest absolute Gasteiger partial charge is 0.462 e. The first-order valence-electron chi connectivity index (χ1n) is 8.63. The highest BCUT2D eigenvalue weighted by atomic mass is 32.1. The number of aromatic amines is 1. The number of aromatic nitrogens is 1. The van der Waals surface area contributed by atoms with E-state index in [1.54, 1.807) is 11.3 Å². The highest BCUT2D eigenvalue weighted by Crippen LogP contribution is 2.44. The summed E-state index contributed by atoms with van der Waals surface area (Å²) >= 11 is 1.64. The Kier molecular flexibility index (Phi) is 4.35. The van der Waals surface area contributed by atoms with Gasteiger partial charge < -0.3 is 9.72 Å². The Morgan fingerprint density at radius 3 is 2.23 bits per heavy atom. The van der Waals surface area contributed by atoms with E-state index in [4.69, 9.17) is 4.74 Å². The maximum atomic E-state index is 12.5. The van der Waals surface area contributed by atoms with Crippen LogP contribution >= 0.6 is 11.3 Å². The van der Waals surface area contributed by atoms with Gasteiger partial charge in [-0.2, -0.15) is 0 Å². The van der Waals surface area contributed by atoms with Crippen molar-refractivity contribution in [2.45, 2.75) is 13.8 Å². The first-order chi connectivity index (χ1) is 12.7. The van der Waals surface area contributed by atoms with Crippen molar-refractivity contribution in [1.82, 2.24) is 4.98 Å². The average Bonchev–Trinajstić information content (AvgIpc) is 3.17. The van der Waals surface area contributed by atoms with Crippen molar-refractivity contribution in [3.8, 4) is 22.4 Å². The van der Waals surface area contributed by atoms with Crippen LogP contribution in [0.5, 0.6) is 0 Å². The van der Waals surface area contributed by atoms with E-state index in [1.165, 1.54) is 0 Å². The molecule has 0 unspecified atom stereocenters. The van der Waals surface area contributed by atoms with Crippen LogP contribution in [0.15, 0.2) is 60.7 Å². The standard InChI is InChI=1S/C22H19NO2S/c1-3-25-22(24)17-14(2)26-21-18(15-10-6-4-7-11-15)19(23-20(17)21)16-12-8-5-9-13-16/h4-13,23H,3H2,1-2H3. The van der Waals surface area contributed by atoms with E-state index in [-0.39, 0.29) is 5.97 Å². The van der Waals surface area contributed by atoms with Gasteiger partial charge in [-0.1, -0.05) is 60.7 Å². The fraction of sp³-hybridized carbons (Fsp3) is 0.136. The van der Waals surface area contributed by atoms with E-state index in [1.807, 2.05) is 50.2 Å². The molecule has 0 aliphatic carbocycles. The van der Waals surface area contributed by atoms with Crippen LogP contribution in [-0.4, -0.2) is 17.6 Å². The van der Waals surface area contributed by atoms with Crippen LogP contribution in [0.1, 0.15) is 22.2 Å². The van der Waals surface area contributed by atoms with Gasteiger partial charge in [-0.15, -0.1) is 11.3 Å². The fourth-order valence-electron chi connectivity index (χ4n) is 3.29. The second-order valence-corrected chi connectivity index (χ2v) is 7.29. The molecule has 2 aromatic heterocycles. The molecule has 0 saturated carbocycles. The lowest BCUT2D eigenvalue weighted by molar-refractivity contribution is 0.0528. The number of rotatable bonds is 4. The monoisotopic (exact) mass is 361 g/mol. The van der Waals surface area contributed by atoms with Gasteiger partial charge in [0.25, 0.3) is 0 Å². The molecule has 0 spiro atoms. The number of ether oxygens (including phenoxy) is 1. The van der Waals surface area contributed by atoms with Gasteiger partial charge >= 0.3 is 5.97 Å². The predicted octanol–water partition coefficient (Wildman–Crippen LogP) is 6.05. The summed E-state index contributed by atoms with van der Waals surface area (Å²) in [5, 5.41) is 0. The first-order valence-corrected chi connectivity index (χ1v) is 9.45. The quantitative estimate of drug-likeness (QED) is 0.450. The van der Waals surface area contributed by atoms with E-state index in [2.05, 4.69) is 29.2 Å². The normalized spacial score (nSPS) is 11.0. The van der Waals surface area contributed by atoms with Crippen molar-refractivity contribution < 1.29 is 9.53 Å². The molecule has 26 heavy (non-hydrogen) atoms. The molecular formula is C22H19NO2S. The predicted molar refractivity (Wildman–Crippen MR) is 108 cm³/mol. The Bertz CT molecular complexity index is 1060. The van der Waals surface area contributed by atoms with Crippen LogP contribution in [0, 0.1) is 6.92 Å². The van der Waals surface area contributed by atoms with Gasteiger partial charge in [-0.25, -0.2) is 4.79 Å². The molecule has 0 aliphatic rings. The number of carbonyl (C=O) groups excluding carboxylic acids is 1. The Morgan fingerprint density at radius 1 is 1.00 bits per heavy atom. The second kappa shape index (κ2) is 6.81. The van der Waals surface area contributed by atoms with Crippen molar-refractivity contribution in [1.29, 1.82) is 0 Å². The fourth-order valence-corrected chi connectivity index (χ4v) is 4.46. The van der Waals surface area contributed by atoms with Gasteiger partial charge in [0.1, 0.15) is 0 Å². The highest BCUT2D eigenvalue weighted by Gasteiger charge is 2.24. The molecule has 0 radical (unpaired) electrons. The summed E-state index contributed by atoms with van der Waals surface area (Å²) in [4.78, 5) is 17.0. The third-order valence-electron chi connectivity index (χ3n) is 4.42. The first kappa shape index (κ1) is 16.6. The Morgan fingerprint density at radius 2 is 1.62 bits per heavy atom. The number of thiophene rings is 1. The maximum absolute atomic E-state index is 12.5. The summed E-state index contributed by atoms with van der Waals surface area (Å²) in [5.74, 6) is -0.267. The molecule has 0 bridgehead atoms. The van der Waals surface area contributed by atoms with E-state index in [9.17, 15) is 4.79 Å². The molecule has 4 heteroatoms. The zero-order valence-corrected chi connectivity index (χ0v) is 15.5. The van der Waals surface area contributed by atoms with Gasteiger partial charge in [0.15, 0.2) is 0 Å². The second-order valence-electron chi connectivity index (χ2n) is 6.06. The average molecular weight is 361 g/mol. The molecule has 2 aromatic carbocycles. The third-order valence-corrected chi connectivity index (χ3v) is 5.54. The smallest absolute Gasteiger partial charge is 0.341 e. The molecule has 0 atom stereocenters. The van der Waals surface area contributed by atoms with Crippen molar-refractivity contribution in [3.63, 3.8) is 0 Å². The van der Waals surface area contributed by atoms with Crippen molar-refractivity contribution >= 4 is 27.5 Å². The van der Waals surface area contributed by atoms with Crippen molar-refractivity contribution in [3.05, 3.63) is 71.1 Å². The molecule has 1 N–H and O–H groups in total. The van der Waals surface area contributed by atoms with Crippen molar-refractivity contribution in [2.24, 2.45) is 0 Å². The molecular weight excluding hydrogens is 342 g/mol. The van der Waals surface area contributed by atoms with E-state index in [0.29, 0.717) is 12.2 Å². The molecule has 130 valence electrons. The Balaban J connectivity index is 2.03. The number of fused-ring (bicyclic) bond motifs is 1. The van der Waals surface area contributed by atoms with Crippen LogP contribution in [0.2, 0.25) is 0 Å². The lowest BCUT2D eigenvalue weighted by Gasteiger charge is -2.05. The van der Waals surface area contributed by atoms with Gasteiger partial charge in [-0.05, 0) is 25.0 Å². The number of benzene rings is 2. The molecule has 0 amide bonds. The zero-order chi connectivity index (χ0) is 18.1. The number of carbonyl (C=O) groups is 1. The molecule has 4 rings (SSSR count). The number of nitrogens with one attached hydrogen (secondary N) is 1. The maximum Gasteiger partial charge on any atom is 0.341 e. The van der Waals surface area contributed by atoms with Gasteiger partial charge in [0.05, 0.1) is 28.1 Å². The van der Waals surface area contributed by atoms with Crippen LogP contribution in [-0.2, 0) is 4.74 Å². The molecule has 0 saturated heterocycles. The number of H-pyrrole nitrogens is 1. The summed E-state index contributed by atoms with van der Waals surface area (Å²) in [6.07, 6.45) is 0. The number of aryl methyl sites for hydroxylation is 1. The summed E-state index contributed by atoms with van der Waals surface area (Å²) in [5.41, 5.74) is 5.91.